The first-order chi connectivity index (χ1) is 25.2. The summed E-state index contributed by atoms with van der Waals surface area (Å²) in [6, 6.07) is 53.0. The highest BCUT2D eigenvalue weighted by Gasteiger charge is 2.21. The van der Waals surface area contributed by atoms with E-state index >= 15 is 0 Å². The summed E-state index contributed by atoms with van der Waals surface area (Å²) in [5, 5.41) is 6.69. The third-order valence-electron chi connectivity index (χ3n) is 10.0. The van der Waals surface area contributed by atoms with Gasteiger partial charge in [0.1, 0.15) is 11.2 Å². The van der Waals surface area contributed by atoms with Crippen molar-refractivity contribution in [2.45, 2.75) is 12.8 Å². The van der Waals surface area contributed by atoms with Gasteiger partial charge in [-0.3, -0.25) is 0 Å². The van der Waals surface area contributed by atoms with Crippen LogP contribution in [-0.2, 0) is 0 Å². The van der Waals surface area contributed by atoms with Crippen molar-refractivity contribution >= 4 is 54.6 Å². The Bertz CT molecular complexity index is 2850. The highest BCUT2D eigenvalue weighted by molar-refractivity contribution is 6.19. The Morgan fingerprint density at radius 3 is 1.84 bits per heavy atom. The molecule has 7 aromatic carbocycles. The molecule has 0 N–H and O–H groups in total. The van der Waals surface area contributed by atoms with E-state index in [2.05, 4.69) is 140 Å². The number of benzene rings is 7. The summed E-state index contributed by atoms with van der Waals surface area (Å²) in [5.41, 5.74) is 9.63. The van der Waals surface area contributed by atoms with Crippen LogP contribution in [0.4, 0.5) is 0 Å². The summed E-state index contributed by atoms with van der Waals surface area (Å²) in [5.74, 6) is 2.02. The van der Waals surface area contributed by atoms with Crippen LogP contribution in [-0.4, -0.2) is 15.0 Å². The Balaban J connectivity index is 1.15. The molecule has 2 heterocycles. The standard InChI is InChI=1S/C47H31N3O/c1-3-11-30(12-4-1)37-25-26-43-40(28-37)41-29-42(38-17-9-10-18-39(38)44(41)51-43)47-49-45(33-14-5-2-6-15-33)48-46(50-47)34-22-19-32(20-23-34)36-24-21-31-13-7-8-16-35(31)27-36/h1-19,21-22,24-29H,20,23H2. The van der Waals surface area contributed by atoms with Crippen molar-refractivity contribution in [3.63, 3.8) is 0 Å². The molecule has 0 bridgehead atoms. The molecule has 1 aliphatic rings. The van der Waals surface area contributed by atoms with Crippen LogP contribution in [0.1, 0.15) is 24.2 Å². The van der Waals surface area contributed by atoms with E-state index in [1.807, 2.05) is 24.3 Å². The van der Waals surface area contributed by atoms with Gasteiger partial charge in [0.25, 0.3) is 0 Å². The summed E-state index contributed by atoms with van der Waals surface area (Å²) >= 11 is 0. The minimum absolute atomic E-state index is 0.649. The number of fused-ring (bicyclic) bond motifs is 6. The second-order valence-corrected chi connectivity index (χ2v) is 13.1. The van der Waals surface area contributed by atoms with Crippen LogP contribution < -0.4 is 0 Å². The lowest BCUT2D eigenvalue weighted by atomic mass is 9.91. The van der Waals surface area contributed by atoms with Gasteiger partial charge in [-0.15, -0.1) is 0 Å². The molecule has 2 aromatic heterocycles. The molecule has 4 nitrogen and oxygen atoms in total. The molecule has 9 aromatic rings. The Labute approximate surface area is 295 Å². The van der Waals surface area contributed by atoms with E-state index < -0.39 is 0 Å². The van der Waals surface area contributed by atoms with Crippen molar-refractivity contribution in [3.8, 4) is 33.9 Å². The molecule has 4 heteroatoms. The number of hydrogen-bond donors (Lipinski definition) is 0. The SMILES string of the molecule is C1=C(c2ccc3ccccc3c2)CCC(c2nc(-c3ccccc3)nc(-c3cc4c5cc(-c6ccccc6)ccc5oc4c4ccccc34)n2)=C1. The molecule has 0 atom stereocenters. The molecule has 0 radical (unpaired) electrons. The first-order valence-electron chi connectivity index (χ1n) is 17.4. The lowest BCUT2D eigenvalue weighted by Crippen LogP contribution is -2.05. The summed E-state index contributed by atoms with van der Waals surface area (Å²) in [7, 11) is 0. The second kappa shape index (κ2) is 12.0. The smallest absolute Gasteiger partial charge is 0.164 e. The summed E-state index contributed by atoms with van der Waals surface area (Å²) < 4.78 is 6.56. The number of aromatic nitrogens is 3. The average Bonchev–Trinajstić information content (AvgIpc) is 3.59. The Kier molecular flexibility index (Phi) is 6.91. The van der Waals surface area contributed by atoms with E-state index in [0.717, 1.165) is 67.8 Å². The predicted octanol–water partition coefficient (Wildman–Crippen LogP) is 12.3. The summed E-state index contributed by atoms with van der Waals surface area (Å²) in [6.07, 6.45) is 6.17. The van der Waals surface area contributed by atoms with Gasteiger partial charge in [0.2, 0.25) is 0 Å². The molecule has 240 valence electrons. The van der Waals surface area contributed by atoms with Crippen molar-refractivity contribution in [3.05, 3.63) is 175 Å². The molecule has 10 rings (SSSR count). The highest BCUT2D eigenvalue weighted by atomic mass is 16.3. The zero-order valence-electron chi connectivity index (χ0n) is 27.8. The number of rotatable bonds is 5. The first-order valence-corrected chi connectivity index (χ1v) is 17.4. The van der Waals surface area contributed by atoms with Gasteiger partial charge < -0.3 is 4.42 Å². The van der Waals surface area contributed by atoms with Crippen LogP contribution in [0.2, 0.25) is 0 Å². The van der Waals surface area contributed by atoms with Gasteiger partial charge in [-0.2, -0.15) is 0 Å². The van der Waals surface area contributed by atoms with Gasteiger partial charge in [-0.1, -0.05) is 140 Å². The molecule has 0 fully saturated rings. The van der Waals surface area contributed by atoms with E-state index in [1.54, 1.807) is 0 Å². The van der Waals surface area contributed by atoms with E-state index in [4.69, 9.17) is 19.4 Å². The van der Waals surface area contributed by atoms with Crippen molar-refractivity contribution in [1.29, 1.82) is 0 Å². The molecule has 0 amide bonds. The van der Waals surface area contributed by atoms with Crippen molar-refractivity contribution in [2.24, 2.45) is 0 Å². The van der Waals surface area contributed by atoms with Crippen LogP contribution in [0.3, 0.4) is 0 Å². The number of hydrogen-bond acceptors (Lipinski definition) is 4. The van der Waals surface area contributed by atoms with Crippen molar-refractivity contribution in [2.75, 3.05) is 0 Å². The van der Waals surface area contributed by atoms with E-state index in [-0.39, 0.29) is 0 Å². The quantitative estimate of drug-likeness (QED) is 0.185. The van der Waals surface area contributed by atoms with Crippen LogP contribution >= 0.6 is 0 Å². The number of furan rings is 1. The zero-order valence-corrected chi connectivity index (χ0v) is 27.8. The molecule has 0 saturated carbocycles. The molecule has 0 saturated heterocycles. The minimum atomic E-state index is 0.649. The van der Waals surface area contributed by atoms with E-state index in [1.165, 1.54) is 27.5 Å². The Hall–Kier alpha value is -6.65. The second-order valence-electron chi connectivity index (χ2n) is 13.1. The normalized spacial score (nSPS) is 13.2. The summed E-state index contributed by atoms with van der Waals surface area (Å²) in [6.45, 7) is 0. The van der Waals surface area contributed by atoms with Crippen LogP contribution in [0.25, 0.3) is 88.5 Å². The topological polar surface area (TPSA) is 51.8 Å². The minimum Gasteiger partial charge on any atom is -0.455 e. The van der Waals surface area contributed by atoms with Gasteiger partial charge in [0, 0.05) is 27.3 Å². The van der Waals surface area contributed by atoms with Gasteiger partial charge in [-0.05, 0) is 81.1 Å². The Morgan fingerprint density at radius 2 is 1.04 bits per heavy atom. The largest absolute Gasteiger partial charge is 0.455 e. The fourth-order valence-electron chi connectivity index (χ4n) is 7.40. The van der Waals surface area contributed by atoms with Gasteiger partial charge in [-0.25, -0.2) is 15.0 Å². The van der Waals surface area contributed by atoms with E-state index in [9.17, 15) is 0 Å². The van der Waals surface area contributed by atoms with Gasteiger partial charge in [0.15, 0.2) is 17.5 Å². The fraction of sp³-hybridized carbons (Fsp3) is 0.0426. The third kappa shape index (κ3) is 5.20. The lowest BCUT2D eigenvalue weighted by Gasteiger charge is -2.16. The summed E-state index contributed by atoms with van der Waals surface area (Å²) in [4.78, 5) is 15.5. The first kappa shape index (κ1) is 29.3. The van der Waals surface area contributed by atoms with Crippen LogP contribution in [0.15, 0.2) is 168 Å². The molecule has 0 aliphatic heterocycles. The maximum Gasteiger partial charge on any atom is 0.164 e. The average molecular weight is 654 g/mol. The van der Waals surface area contributed by atoms with Crippen LogP contribution in [0, 0.1) is 0 Å². The highest BCUT2D eigenvalue weighted by Crippen LogP contribution is 2.41. The molecule has 0 spiro atoms. The van der Waals surface area contributed by atoms with Crippen molar-refractivity contribution < 1.29 is 4.42 Å². The molecular formula is C47H31N3O. The third-order valence-corrected chi connectivity index (χ3v) is 10.0. The fourth-order valence-corrected chi connectivity index (χ4v) is 7.40. The van der Waals surface area contributed by atoms with Gasteiger partial charge >= 0.3 is 0 Å². The molecular weight excluding hydrogens is 623 g/mol. The number of nitrogens with zero attached hydrogens (tertiary/aromatic N) is 3. The maximum atomic E-state index is 6.56. The zero-order chi connectivity index (χ0) is 33.7. The molecule has 51 heavy (non-hydrogen) atoms. The maximum absolute atomic E-state index is 6.56. The van der Waals surface area contributed by atoms with Gasteiger partial charge in [0.05, 0.1) is 0 Å². The van der Waals surface area contributed by atoms with Crippen molar-refractivity contribution in [1.82, 2.24) is 15.0 Å². The lowest BCUT2D eigenvalue weighted by molar-refractivity contribution is 0.672. The van der Waals surface area contributed by atoms with Crippen LogP contribution in [0.5, 0.6) is 0 Å². The van der Waals surface area contributed by atoms with E-state index in [0.29, 0.717) is 17.5 Å². The molecule has 0 unspecified atom stereocenters. The number of allylic oxidation sites excluding steroid dienone is 4. The monoisotopic (exact) mass is 653 g/mol. The Morgan fingerprint density at radius 1 is 0.392 bits per heavy atom. The predicted molar refractivity (Wildman–Crippen MR) is 210 cm³/mol. The molecule has 1 aliphatic carbocycles.